The summed E-state index contributed by atoms with van der Waals surface area (Å²) in [6.07, 6.45) is 1.18. The van der Waals surface area contributed by atoms with Gasteiger partial charge < -0.3 is 4.74 Å². The molecule has 2 aromatic carbocycles. The van der Waals surface area contributed by atoms with Crippen LogP contribution in [0.3, 0.4) is 0 Å². The van der Waals surface area contributed by atoms with Gasteiger partial charge in [0.15, 0.2) is 9.84 Å². The molecule has 0 amide bonds. The Bertz CT molecular complexity index is 962. The lowest BCUT2D eigenvalue weighted by molar-refractivity contribution is 0.414. The molecule has 130 valence electrons. The van der Waals surface area contributed by atoms with E-state index in [-0.39, 0.29) is 20.8 Å². The maximum Gasteiger partial charge on any atom is 0.192 e. The highest BCUT2D eigenvalue weighted by Crippen LogP contribution is 2.34. The zero-order valence-electron chi connectivity index (χ0n) is 13.0. The molecule has 0 aromatic heterocycles. The highest BCUT2D eigenvalue weighted by atomic mass is 35.5. The van der Waals surface area contributed by atoms with Crippen LogP contribution in [0.4, 0.5) is 0 Å². The van der Waals surface area contributed by atoms with Crippen molar-refractivity contribution in [3.8, 4) is 11.8 Å². The minimum absolute atomic E-state index is 0.0848. The zero-order chi connectivity index (χ0) is 18.6. The van der Waals surface area contributed by atoms with E-state index in [0.717, 1.165) is 0 Å². The van der Waals surface area contributed by atoms with Crippen LogP contribution < -0.4 is 4.74 Å². The van der Waals surface area contributed by atoms with Crippen LogP contribution in [0.15, 0.2) is 41.3 Å². The molecular formula is C17H12Cl3NO3S. The Morgan fingerprint density at radius 2 is 1.76 bits per heavy atom. The number of allylic oxidation sites excluding steroid dienone is 1. The largest absolute Gasteiger partial charge is 0.497 e. The fraction of sp³-hybridized carbons (Fsp3) is 0.118. The molecule has 8 heteroatoms. The van der Waals surface area contributed by atoms with Gasteiger partial charge in [-0.05, 0) is 35.4 Å². The smallest absolute Gasteiger partial charge is 0.192 e. The highest BCUT2D eigenvalue weighted by molar-refractivity contribution is 7.95. The lowest BCUT2D eigenvalue weighted by Crippen LogP contribution is -2.06. The lowest BCUT2D eigenvalue weighted by Gasteiger charge is -2.07. The SMILES string of the molecule is COc1ccc(CS(=O)(=O)C(C#N)=Cc2ccc(Cl)c(Cl)c2Cl)cc1. The van der Waals surface area contributed by atoms with Crippen LogP contribution in [0.25, 0.3) is 6.08 Å². The number of nitriles is 1. The van der Waals surface area contributed by atoms with Crippen LogP contribution in [0, 0.1) is 11.3 Å². The van der Waals surface area contributed by atoms with Crippen LogP contribution in [-0.2, 0) is 15.6 Å². The molecule has 0 bridgehead atoms. The Morgan fingerprint density at radius 3 is 2.32 bits per heavy atom. The van der Waals surface area contributed by atoms with Gasteiger partial charge in [0.05, 0.1) is 27.9 Å². The molecule has 0 spiro atoms. The van der Waals surface area contributed by atoms with Crippen LogP contribution in [0.1, 0.15) is 11.1 Å². The van der Waals surface area contributed by atoms with E-state index in [1.165, 1.54) is 25.3 Å². The van der Waals surface area contributed by atoms with Crippen molar-refractivity contribution >= 4 is 50.7 Å². The summed E-state index contributed by atoms with van der Waals surface area (Å²) in [4.78, 5) is -0.413. The van der Waals surface area contributed by atoms with Gasteiger partial charge in [0.2, 0.25) is 0 Å². The average molecular weight is 417 g/mol. The Morgan fingerprint density at radius 1 is 1.12 bits per heavy atom. The number of halogens is 3. The molecule has 0 saturated carbocycles. The van der Waals surface area contributed by atoms with Crippen molar-refractivity contribution in [2.24, 2.45) is 0 Å². The van der Waals surface area contributed by atoms with Gasteiger partial charge in [-0.2, -0.15) is 5.26 Å². The fourth-order valence-electron chi connectivity index (χ4n) is 2.00. The van der Waals surface area contributed by atoms with Crippen LogP contribution in [0.2, 0.25) is 15.1 Å². The van der Waals surface area contributed by atoms with Gasteiger partial charge in [-0.15, -0.1) is 0 Å². The maximum atomic E-state index is 12.5. The number of rotatable bonds is 5. The first-order chi connectivity index (χ1) is 11.8. The van der Waals surface area contributed by atoms with Gasteiger partial charge in [-0.1, -0.05) is 53.0 Å². The predicted octanol–water partition coefficient (Wildman–Crippen LogP) is 5.13. The Balaban J connectivity index is 2.38. The number of ether oxygens (including phenoxy) is 1. The van der Waals surface area contributed by atoms with Crippen molar-refractivity contribution in [1.29, 1.82) is 5.26 Å². The molecule has 0 saturated heterocycles. The molecule has 0 unspecified atom stereocenters. The molecule has 2 aromatic rings. The van der Waals surface area contributed by atoms with Gasteiger partial charge in [-0.3, -0.25) is 0 Å². The van der Waals surface area contributed by atoms with E-state index in [2.05, 4.69) is 0 Å². The molecule has 25 heavy (non-hydrogen) atoms. The number of nitrogens with zero attached hydrogens (tertiary/aromatic N) is 1. The third kappa shape index (κ3) is 4.68. The van der Waals surface area contributed by atoms with E-state index < -0.39 is 14.7 Å². The Labute approximate surface area is 161 Å². The third-order valence-electron chi connectivity index (χ3n) is 3.31. The molecule has 0 aliphatic rings. The summed E-state index contributed by atoms with van der Waals surface area (Å²) < 4.78 is 30.1. The second-order valence-corrected chi connectivity index (χ2v) is 8.11. The quantitative estimate of drug-likeness (QED) is 0.500. The van der Waals surface area contributed by atoms with Crippen molar-refractivity contribution in [2.75, 3.05) is 7.11 Å². The van der Waals surface area contributed by atoms with Crippen molar-refractivity contribution in [1.82, 2.24) is 0 Å². The summed E-state index contributed by atoms with van der Waals surface area (Å²) in [7, 11) is -2.34. The fourth-order valence-corrected chi connectivity index (χ4v) is 3.83. The van der Waals surface area contributed by atoms with E-state index >= 15 is 0 Å². The third-order valence-corrected chi connectivity index (χ3v) is 6.21. The summed E-state index contributed by atoms with van der Waals surface area (Å²) in [6.45, 7) is 0. The molecule has 0 N–H and O–H groups in total. The van der Waals surface area contributed by atoms with Crippen LogP contribution in [0.5, 0.6) is 5.75 Å². The van der Waals surface area contributed by atoms with Gasteiger partial charge in [0.25, 0.3) is 0 Å². The molecule has 0 atom stereocenters. The number of hydrogen-bond acceptors (Lipinski definition) is 4. The van der Waals surface area contributed by atoms with E-state index in [4.69, 9.17) is 39.5 Å². The monoisotopic (exact) mass is 415 g/mol. The van der Waals surface area contributed by atoms with E-state index in [9.17, 15) is 13.7 Å². The van der Waals surface area contributed by atoms with Crippen molar-refractivity contribution in [3.05, 3.63) is 67.5 Å². The maximum absolute atomic E-state index is 12.5. The molecule has 0 aliphatic heterocycles. The van der Waals surface area contributed by atoms with E-state index in [1.54, 1.807) is 30.3 Å². The first-order valence-electron chi connectivity index (χ1n) is 6.89. The van der Waals surface area contributed by atoms with Crippen molar-refractivity contribution in [3.63, 3.8) is 0 Å². The standard InChI is InChI=1S/C17H12Cl3NO3S/c1-24-13-5-2-11(3-6-13)10-25(22,23)14(9-21)8-12-4-7-15(18)17(20)16(12)19/h2-8H,10H2,1H3. The van der Waals surface area contributed by atoms with Crippen molar-refractivity contribution in [2.45, 2.75) is 5.75 Å². The number of hydrogen-bond donors (Lipinski definition) is 0. The summed E-state index contributed by atoms with van der Waals surface area (Å²) in [5, 5.41) is 9.70. The Hall–Kier alpha value is -1.71. The van der Waals surface area contributed by atoms with Gasteiger partial charge in [0, 0.05) is 0 Å². The highest BCUT2D eigenvalue weighted by Gasteiger charge is 2.20. The van der Waals surface area contributed by atoms with Crippen LogP contribution in [-0.4, -0.2) is 15.5 Å². The van der Waals surface area contributed by atoms with Gasteiger partial charge in [-0.25, -0.2) is 8.42 Å². The van der Waals surface area contributed by atoms with E-state index in [0.29, 0.717) is 16.9 Å². The van der Waals surface area contributed by atoms with Crippen LogP contribution >= 0.6 is 34.8 Å². The zero-order valence-corrected chi connectivity index (χ0v) is 16.0. The summed E-state index contributed by atoms with van der Waals surface area (Å²) in [5.74, 6) is 0.287. The number of sulfone groups is 1. The summed E-state index contributed by atoms with van der Waals surface area (Å²) >= 11 is 17.9. The molecule has 0 heterocycles. The van der Waals surface area contributed by atoms with Gasteiger partial charge >= 0.3 is 0 Å². The first-order valence-corrected chi connectivity index (χ1v) is 9.68. The minimum atomic E-state index is -3.86. The second-order valence-electron chi connectivity index (χ2n) is 4.99. The van der Waals surface area contributed by atoms with E-state index in [1.807, 2.05) is 0 Å². The number of benzene rings is 2. The molecule has 2 rings (SSSR count). The predicted molar refractivity (Wildman–Crippen MR) is 101 cm³/mol. The second kappa shape index (κ2) is 8.11. The first kappa shape index (κ1) is 19.6. The van der Waals surface area contributed by atoms with Crippen molar-refractivity contribution < 1.29 is 13.2 Å². The molecular weight excluding hydrogens is 405 g/mol. The normalized spacial score (nSPS) is 11.9. The minimum Gasteiger partial charge on any atom is -0.497 e. The topological polar surface area (TPSA) is 67.2 Å². The molecule has 4 nitrogen and oxygen atoms in total. The van der Waals surface area contributed by atoms with Gasteiger partial charge in [0.1, 0.15) is 16.7 Å². The lowest BCUT2D eigenvalue weighted by atomic mass is 10.2. The Kier molecular flexibility index (Phi) is 6.36. The number of methoxy groups -OCH3 is 1. The average Bonchev–Trinajstić information content (AvgIpc) is 2.59. The summed E-state index contributed by atoms with van der Waals surface area (Å²) in [5.41, 5.74) is 0.827. The summed E-state index contributed by atoms with van der Waals surface area (Å²) in [6, 6.07) is 11.2. The molecule has 0 aliphatic carbocycles. The molecule has 0 radical (unpaired) electrons. The molecule has 0 fully saturated rings.